The van der Waals surface area contributed by atoms with Crippen LogP contribution in [0.25, 0.3) is 0 Å². The molecule has 1 aromatic rings. The summed E-state index contributed by atoms with van der Waals surface area (Å²) in [7, 11) is 0. The molecule has 2 nitrogen and oxygen atoms in total. The molecule has 17 heavy (non-hydrogen) atoms. The third-order valence-corrected chi connectivity index (χ3v) is 4.41. The Hall–Kier alpha value is -0.830. The Kier molecular flexibility index (Phi) is 3.87. The SMILES string of the molecule is CCOC(=O)C1CCc2cc(CC(C)C)sc21. The van der Waals surface area contributed by atoms with E-state index < -0.39 is 0 Å². The number of esters is 1. The Labute approximate surface area is 107 Å². The summed E-state index contributed by atoms with van der Waals surface area (Å²) in [6, 6.07) is 2.29. The average Bonchev–Trinajstić information content (AvgIpc) is 2.75. The lowest BCUT2D eigenvalue weighted by molar-refractivity contribution is -0.144. The maximum Gasteiger partial charge on any atom is 0.314 e. The van der Waals surface area contributed by atoms with E-state index in [-0.39, 0.29) is 11.9 Å². The van der Waals surface area contributed by atoms with Crippen molar-refractivity contribution in [1.82, 2.24) is 0 Å². The summed E-state index contributed by atoms with van der Waals surface area (Å²) in [6.07, 6.45) is 3.09. The smallest absolute Gasteiger partial charge is 0.314 e. The molecule has 0 aromatic carbocycles. The highest BCUT2D eigenvalue weighted by Gasteiger charge is 2.31. The van der Waals surface area contributed by atoms with Crippen molar-refractivity contribution < 1.29 is 9.53 Å². The van der Waals surface area contributed by atoms with Crippen LogP contribution in [-0.4, -0.2) is 12.6 Å². The zero-order chi connectivity index (χ0) is 12.4. The lowest BCUT2D eigenvalue weighted by Gasteiger charge is -2.08. The van der Waals surface area contributed by atoms with Crippen LogP contribution in [0.1, 0.15) is 48.4 Å². The number of fused-ring (bicyclic) bond motifs is 1. The lowest BCUT2D eigenvalue weighted by atomic mass is 10.1. The molecule has 3 heteroatoms. The lowest BCUT2D eigenvalue weighted by Crippen LogP contribution is -2.12. The fourth-order valence-electron chi connectivity index (χ4n) is 2.39. The van der Waals surface area contributed by atoms with Crippen molar-refractivity contribution in [3.8, 4) is 0 Å². The van der Waals surface area contributed by atoms with E-state index in [4.69, 9.17) is 4.74 Å². The van der Waals surface area contributed by atoms with Gasteiger partial charge < -0.3 is 4.74 Å². The summed E-state index contributed by atoms with van der Waals surface area (Å²) in [5.41, 5.74) is 1.38. The topological polar surface area (TPSA) is 26.3 Å². The summed E-state index contributed by atoms with van der Waals surface area (Å²) < 4.78 is 5.14. The molecule has 0 aliphatic heterocycles. The first-order chi connectivity index (χ1) is 8.11. The Balaban J connectivity index is 2.14. The molecule has 0 saturated heterocycles. The third-order valence-electron chi connectivity index (χ3n) is 3.09. The average molecular weight is 252 g/mol. The minimum absolute atomic E-state index is 0.0101. The highest BCUT2D eigenvalue weighted by atomic mass is 32.1. The van der Waals surface area contributed by atoms with Crippen molar-refractivity contribution in [2.45, 2.75) is 46.0 Å². The standard InChI is InChI=1S/C14H20O2S/c1-4-16-14(15)12-6-5-10-8-11(7-9(2)3)17-13(10)12/h8-9,12H,4-7H2,1-3H3. The molecule has 94 valence electrons. The van der Waals surface area contributed by atoms with Gasteiger partial charge in [-0.15, -0.1) is 11.3 Å². The second kappa shape index (κ2) is 5.21. The summed E-state index contributed by atoms with van der Waals surface area (Å²) >= 11 is 1.81. The molecule has 0 spiro atoms. The van der Waals surface area contributed by atoms with Crippen molar-refractivity contribution in [2.24, 2.45) is 5.92 Å². The molecule has 1 aliphatic carbocycles. The van der Waals surface area contributed by atoms with Gasteiger partial charge in [-0.05, 0) is 43.7 Å². The van der Waals surface area contributed by atoms with Crippen LogP contribution in [0.15, 0.2) is 6.07 Å². The van der Waals surface area contributed by atoms with Gasteiger partial charge in [-0.3, -0.25) is 4.79 Å². The van der Waals surface area contributed by atoms with Gasteiger partial charge in [0.25, 0.3) is 0 Å². The predicted octanol–water partition coefficient (Wildman–Crippen LogP) is 3.54. The van der Waals surface area contributed by atoms with Gasteiger partial charge in [0.15, 0.2) is 0 Å². The molecule has 0 amide bonds. The molecule has 2 rings (SSSR count). The quantitative estimate of drug-likeness (QED) is 0.766. The summed E-state index contributed by atoms with van der Waals surface area (Å²) in [5, 5.41) is 0. The number of hydrogen-bond acceptors (Lipinski definition) is 3. The molecule has 0 saturated carbocycles. The number of rotatable bonds is 4. The van der Waals surface area contributed by atoms with E-state index in [0.29, 0.717) is 12.5 Å². The normalized spacial score (nSPS) is 18.5. The fourth-order valence-corrected chi connectivity index (χ4v) is 3.94. The van der Waals surface area contributed by atoms with Gasteiger partial charge in [0.05, 0.1) is 12.5 Å². The van der Waals surface area contributed by atoms with Crippen LogP contribution < -0.4 is 0 Å². The van der Waals surface area contributed by atoms with E-state index in [0.717, 1.165) is 19.3 Å². The van der Waals surface area contributed by atoms with E-state index in [1.807, 2.05) is 18.3 Å². The minimum Gasteiger partial charge on any atom is -0.465 e. The van der Waals surface area contributed by atoms with E-state index in [2.05, 4.69) is 19.9 Å². The summed E-state index contributed by atoms with van der Waals surface area (Å²) in [6.45, 7) is 6.81. The number of aryl methyl sites for hydroxylation is 1. The van der Waals surface area contributed by atoms with Crippen molar-refractivity contribution in [2.75, 3.05) is 6.61 Å². The van der Waals surface area contributed by atoms with Crippen LogP contribution in [0.4, 0.5) is 0 Å². The molecule has 1 atom stereocenters. The van der Waals surface area contributed by atoms with Crippen LogP contribution in [-0.2, 0) is 22.4 Å². The van der Waals surface area contributed by atoms with E-state index in [9.17, 15) is 4.79 Å². The number of ether oxygens (including phenoxy) is 1. The third kappa shape index (κ3) is 2.71. The predicted molar refractivity (Wildman–Crippen MR) is 70.6 cm³/mol. The first-order valence-electron chi connectivity index (χ1n) is 6.40. The van der Waals surface area contributed by atoms with Crippen LogP contribution in [0.3, 0.4) is 0 Å². The van der Waals surface area contributed by atoms with Gasteiger partial charge in [0.2, 0.25) is 0 Å². The second-order valence-electron chi connectivity index (χ2n) is 5.04. The van der Waals surface area contributed by atoms with E-state index >= 15 is 0 Å². The van der Waals surface area contributed by atoms with Gasteiger partial charge in [-0.2, -0.15) is 0 Å². The van der Waals surface area contributed by atoms with Crippen molar-refractivity contribution in [3.05, 3.63) is 21.4 Å². The van der Waals surface area contributed by atoms with Crippen molar-refractivity contribution in [3.63, 3.8) is 0 Å². The molecular formula is C14H20O2S. The van der Waals surface area contributed by atoms with Gasteiger partial charge in [0, 0.05) is 9.75 Å². The highest BCUT2D eigenvalue weighted by Crippen LogP contribution is 2.40. The monoisotopic (exact) mass is 252 g/mol. The van der Waals surface area contributed by atoms with Crippen LogP contribution >= 0.6 is 11.3 Å². The van der Waals surface area contributed by atoms with Gasteiger partial charge >= 0.3 is 5.97 Å². The molecule has 0 fully saturated rings. The molecule has 1 heterocycles. The molecule has 0 bridgehead atoms. The van der Waals surface area contributed by atoms with Crippen molar-refractivity contribution >= 4 is 17.3 Å². The Morgan fingerprint density at radius 2 is 2.35 bits per heavy atom. The van der Waals surface area contributed by atoms with Crippen LogP contribution in [0.2, 0.25) is 0 Å². The summed E-state index contributed by atoms with van der Waals surface area (Å²) in [5.74, 6) is 0.648. The Morgan fingerprint density at radius 3 is 3.00 bits per heavy atom. The first kappa shape index (κ1) is 12.6. The van der Waals surface area contributed by atoms with Gasteiger partial charge in [-0.25, -0.2) is 0 Å². The summed E-state index contributed by atoms with van der Waals surface area (Å²) in [4.78, 5) is 14.5. The van der Waals surface area contributed by atoms with E-state index in [1.54, 1.807) is 0 Å². The largest absolute Gasteiger partial charge is 0.465 e. The molecule has 1 aliphatic rings. The maximum absolute atomic E-state index is 11.8. The van der Waals surface area contributed by atoms with E-state index in [1.165, 1.54) is 15.3 Å². The fraction of sp³-hybridized carbons (Fsp3) is 0.643. The minimum atomic E-state index is -0.0378. The van der Waals surface area contributed by atoms with Crippen LogP contribution in [0, 0.1) is 5.92 Å². The Bertz CT molecular complexity index is 406. The number of thiophene rings is 1. The molecule has 0 N–H and O–H groups in total. The second-order valence-corrected chi connectivity index (χ2v) is 6.21. The molecular weight excluding hydrogens is 232 g/mol. The van der Waals surface area contributed by atoms with Crippen LogP contribution in [0.5, 0.6) is 0 Å². The maximum atomic E-state index is 11.8. The van der Waals surface area contributed by atoms with Crippen molar-refractivity contribution in [1.29, 1.82) is 0 Å². The first-order valence-corrected chi connectivity index (χ1v) is 7.21. The Morgan fingerprint density at radius 1 is 1.59 bits per heavy atom. The zero-order valence-electron chi connectivity index (χ0n) is 10.8. The molecule has 1 aromatic heterocycles. The highest BCUT2D eigenvalue weighted by molar-refractivity contribution is 7.12. The molecule has 0 radical (unpaired) electrons. The zero-order valence-corrected chi connectivity index (χ0v) is 11.6. The number of carbonyl (C=O) groups is 1. The van der Waals surface area contributed by atoms with Gasteiger partial charge in [-0.1, -0.05) is 13.8 Å². The number of carbonyl (C=O) groups excluding carboxylic acids is 1. The molecule has 1 unspecified atom stereocenters. The van der Waals surface area contributed by atoms with Gasteiger partial charge in [0.1, 0.15) is 0 Å². The number of hydrogen-bond donors (Lipinski definition) is 0.